The molecule has 3 unspecified atom stereocenters. The minimum atomic E-state index is -0.276. The van der Waals surface area contributed by atoms with Crippen molar-refractivity contribution in [3.63, 3.8) is 0 Å². The van der Waals surface area contributed by atoms with Gasteiger partial charge in [-0.2, -0.15) is 0 Å². The predicted octanol–water partition coefficient (Wildman–Crippen LogP) is 4.45. The molecule has 1 heteroatoms. The molecule has 1 N–H and O–H groups in total. The van der Waals surface area contributed by atoms with Gasteiger partial charge in [0.2, 0.25) is 0 Å². The summed E-state index contributed by atoms with van der Waals surface area (Å²) in [7, 11) is 0. The zero-order valence-corrected chi connectivity index (χ0v) is 13.1. The van der Waals surface area contributed by atoms with Gasteiger partial charge in [-0.3, -0.25) is 0 Å². The van der Waals surface area contributed by atoms with E-state index in [4.69, 9.17) is 0 Å². The fraction of sp³-hybridized carbons (Fsp3) is 0.579. The first-order valence-corrected chi connectivity index (χ1v) is 7.88. The Morgan fingerprint density at radius 3 is 2.35 bits per heavy atom. The fourth-order valence-corrected chi connectivity index (χ4v) is 4.38. The molecule has 20 heavy (non-hydrogen) atoms. The molecule has 0 spiro atoms. The van der Waals surface area contributed by atoms with Crippen LogP contribution < -0.4 is 0 Å². The Hall–Kier alpha value is -1.08. The molecular formula is C19H26O. The smallest absolute Gasteiger partial charge is 0.0815 e. The lowest BCUT2D eigenvalue weighted by Gasteiger charge is -2.36. The zero-order chi connectivity index (χ0) is 14.5. The second-order valence-electron chi connectivity index (χ2n) is 7.37. The highest BCUT2D eigenvalue weighted by Gasteiger charge is 2.63. The van der Waals surface area contributed by atoms with Crippen molar-refractivity contribution in [2.75, 3.05) is 0 Å². The monoisotopic (exact) mass is 270 g/mol. The van der Waals surface area contributed by atoms with E-state index >= 15 is 0 Å². The van der Waals surface area contributed by atoms with Gasteiger partial charge >= 0.3 is 0 Å². The number of aliphatic hydroxyl groups excluding tert-OH is 1. The van der Waals surface area contributed by atoms with Crippen molar-refractivity contribution in [2.45, 2.75) is 53.1 Å². The maximum atomic E-state index is 10.8. The summed E-state index contributed by atoms with van der Waals surface area (Å²) in [4.78, 5) is 0. The molecule has 3 atom stereocenters. The van der Waals surface area contributed by atoms with Crippen LogP contribution in [0.2, 0.25) is 0 Å². The molecule has 3 rings (SSSR count). The van der Waals surface area contributed by atoms with Gasteiger partial charge in [0.1, 0.15) is 0 Å². The molecule has 2 bridgehead atoms. The number of hydrogen-bond acceptors (Lipinski definition) is 1. The molecule has 1 aromatic carbocycles. The van der Waals surface area contributed by atoms with Gasteiger partial charge in [0.25, 0.3) is 0 Å². The quantitative estimate of drug-likeness (QED) is 0.842. The lowest BCUT2D eigenvalue weighted by atomic mass is 9.70. The summed E-state index contributed by atoms with van der Waals surface area (Å²) in [6.07, 6.45) is 5.41. The number of fused-ring (bicyclic) bond motifs is 2. The van der Waals surface area contributed by atoms with Crippen LogP contribution in [0.4, 0.5) is 0 Å². The lowest BCUT2D eigenvalue weighted by molar-refractivity contribution is 0.0264. The number of rotatable bonds is 2. The molecule has 0 amide bonds. The standard InChI is InChI=1S/C19H26O/c1-5-13-6-8-14(9-7-13)12-15-16-10-11-19(4,17(15)20)18(16,2)3/h6-9,12,16-17,20H,5,10-11H2,1-4H3/b15-12+. The van der Waals surface area contributed by atoms with E-state index in [1.165, 1.54) is 23.1 Å². The number of aryl methyl sites for hydroxylation is 1. The second-order valence-corrected chi connectivity index (χ2v) is 7.37. The number of benzene rings is 1. The first-order valence-electron chi connectivity index (χ1n) is 7.88. The van der Waals surface area contributed by atoms with Gasteiger partial charge in [0.05, 0.1) is 6.10 Å². The largest absolute Gasteiger partial charge is 0.388 e. The van der Waals surface area contributed by atoms with Gasteiger partial charge in [-0.05, 0) is 47.3 Å². The van der Waals surface area contributed by atoms with Gasteiger partial charge in [-0.15, -0.1) is 0 Å². The highest BCUT2D eigenvalue weighted by Crippen LogP contribution is 2.67. The summed E-state index contributed by atoms with van der Waals surface area (Å²) >= 11 is 0. The van der Waals surface area contributed by atoms with E-state index in [1.54, 1.807) is 0 Å². The van der Waals surface area contributed by atoms with Crippen LogP contribution in [0.1, 0.15) is 51.7 Å². The molecule has 2 fully saturated rings. The fourth-order valence-electron chi connectivity index (χ4n) is 4.38. The zero-order valence-electron chi connectivity index (χ0n) is 13.1. The van der Waals surface area contributed by atoms with Gasteiger partial charge in [-0.1, -0.05) is 58.0 Å². The Bertz CT molecular complexity index is 537. The molecule has 2 saturated carbocycles. The average molecular weight is 270 g/mol. The SMILES string of the molecule is CCc1ccc(/C=C2\C3CCC(C)(C2O)C3(C)C)cc1. The minimum absolute atomic E-state index is 0.0485. The highest BCUT2D eigenvalue weighted by molar-refractivity contribution is 5.58. The Morgan fingerprint density at radius 1 is 1.20 bits per heavy atom. The summed E-state index contributed by atoms with van der Waals surface area (Å²) in [6.45, 7) is 9.10. The Balaban J connectivity index is 1.96. The number of aliphatic hydroxyl groups is 1. The molecule has 1 nitrogen and oxygen atoms in total. The second kappa shape index (κ2) is 4.46. The van der Waals surface area contributed by atoms with Gasteiger partial charge in [0.15, 0.2) is 0 Å². The minimum Gasteiger partial charge on any atom is -0.388 e. The van der Waals surface area contributed by atoms with Gasteiger partial charge < -0.3 is 5.11 Å². The van der Waals surface area contributed by atoms with Gasteiger partial charge in [-0.25, -0.2) is 0 Å². The maximum Gasteiger partial charge on any atom is 0.0815 e. The first-order chi connectivity index (χ1) is 9.40. The van der Waals surface area contributed by atoms with Crippen LogP contribution in [0.5, 0.6) is 0 Å². The van der Waals surface area contributed by atoms with Crippen molar-refractivity contribution in [3.8, 4) is 0 Å². The van der Waals surface area contributed by atoms with Crippen molar-refractivity contribution in [1.82, 2.24) is 0 Å². The van der Waals surface area contributed by atoms with E-state index in [0.717, 1.165) is 12.8 Å². The molecule has 0 saturated heterocycles. The molecule has 0 heterocycles. The summed E-state index contributed by atoms with van der Waals surface area (Å²) in [6, 6.07) is 8.75. The van der Waals surface area contributed by atoms with E-state index < -0.39 is 0 Å². The number of hydrogen-bond donors (Lipinski definition) is 1. The molecule has 2 aliphatic rings. The van der Waals surface area contributed by atoms with Crippen LogP contribution in [0.15, 0.2) is 29.8 Å². The van der Waals surface area contributed by atoms with E-state index in [1.807, 2.05) is 0 Å². The first kappa shape index (κ1) is 13.9. The molecule has 1 aromatic rings. The normalized spacial score (nSPS) is 36.8. The van der Waals surface area contributed by atoms with Crippen LogP contribution >= 0.6 is 0 Å². The van der Waals surface area contributed by atoms with Crippen LogP contribution in [0.25, 0.3) is 6.08 Å². The van der Waals surface area contributed by atoms with E-state index in [2.05, 4.69) is 58.0 Å². The molecule has 0 aromatic heterocycles. The average Bonchev–Trinajstić information content (AvgIpc) is 2.74. The summed E-state index contributed by atoms with van der Waals surface area (Å²) in [5.74, 6) is 0.536. The van der Waals surface area contributed by atoms with E-state index in [-0.39, 0.29) is 16.9 Å². The summed E-state index contributed by atoms with van der Waals surface area (Å²) in [5, 5.41) is 10.8. The van der Waals surface area contributed by atoms with Crippen molar-refractivity contribution in [2.24, 2.45) is 16.7 Å². The van der Waals surface area contributed by atoms with E-state index in [0.29, 0.717) is 5.92 Å². The predicted molar refractivity (Wildman–Crippen MR) is 84.4 cm³/mol. The van der Waals surface area contributed by atoms with Crippen LogP contribution in [-0.2, 0) is 6.42 Å². The molecule has 108 valence electrons. The molecule has 0 aliphatic heterocycles. The highest BCUT2D eigenvalue weighted by atomic mass is 16.3. The molecular weight excluding hydrogens is 244 g/mol. The lowest BCUT2D eigenvalue weighted by Crippen LogP contribution is -2.35. The van der Waals surface area contributed by atoms with Crippen molar-refractivity contribution < 1.29 is 5.11 Å². The third-order valence-electron chi connectivity index (χ3n) is 6.34. The molecule has 2 aliphatic carbocycles. The summed E-state index contributed by atoms with van der Waals surface area (Å²) < 4.78 is 0. The van der Waals surface area contributed by atoms with Crippen LogP contribution in [-0.4, -0.2) is 11.2 Å². The van der Waals surface area contributed by atoms with Crippen LogP contribution in [0, 0.1) is 16.7 Å². The Morgan fingerprint density at radius 2 is 1.85 bits per heavy atom. The Kier molecular flexibility index (Phi) is 3.10. The van der Waals surface area contributed by atoms with E-state index in [9.17, 15) is 5.11 Å². The van der Waals surface area contributed by atoms with Gasteiger partial charge in [0, 0.05) is 5.41 Å². The van der Waals surface area contributed by atoms with Crippen molar-refractivity contribution in [3.05, 3.63) is 41.0 Å². The Labute approximate surface area is 122 Å². The third-order valence-corrected chi connectivity index (χ3v) is 6.34. The summed E-state index contributed by atoms with van der Waals surface area (Å²) in [5.41, 5.74) is 4.11. The maximum absolute atomic E-state index is 10.8. The molecule has 0 radical (unpaired) electrons. The van der Waals surface area contributed by atoms with Crippen molar-refractivity contribution >= 4 is 6.08 Å². The van der Waals surface area contributed by atoms with Crippen LogP contribution in [0.3, 0.4) is 0 Å². The third kappa shape index (κ3) is 1.72. The van der Waals surface area contributed by atoms with Crippen molar-refractivity contribution in [1.29, 1.82) is 0 Å². The topological polar surface area (TPSA) is 20.2 Å².